The Balaban J connectivity index is 3.79. The van der Waals surface area contributed by atoms with Gasteiger partial charge in [-0.2, -0.15) is 0 Å². The van der Waals surface area contributed by atoms with Gasteiger partial charge in [-0.05, 0) is 13.8 Å². The monoisotopic (exact) mass is 156 g/mol. The predicted octanol–water partition coefficient (Wildman–Crippen LogP) is 0.153. The Morgan fingerprint density at radius 2 is 2.09 bits per heavy atom. The lowest BCUT2D eigenvalue weighted by Crippen LogP contribution is -2.02. The summed E-state index contributed by atoms with van der Waals surface area (Å²) in [7, 11) is 0. The molecule has 0 spiro atoms. The molecule has 0 aromatic carbocycles. The van der Waals surface area contributed by atoms with Crippen molar-refractivity contribution in [3.63, 3.8) is 0 Å². The lowest BCUT2D eigenvalue weighted by Gasteiger charge is -1.89. The molecule has 0 rings (SSSR count). The fourth-order valence-corrected chi connectivity index (χ4v) is 0.251. The Morgan fingerprint density at radius 3 is 2.55 bits per heavy atom. The van der Waals surface area contributed by atoms with Crippen molar-refractivity contribution in [2.45, 2.75) is 13.8 Å². The highest BCUT2D eigenvalue weighted by Gasteiger charge is 1.94. The average molecular weight is 156 g/mol. The molecule has 0 aliphatic rings. The van der Waals surface area contributed by atoms with Gasteiger partial charge in [0.2, 0.25) is 6.41 Å². The first-order valence-corrected chi connectivity index (χ1v) is 2.86. The van der Waals surface area contributed by atoms with Gasteiger partial charge < -0.3 is 4.84 Å². The van der Waals surface area contributed by atoms with Crippen molar-refractivity contribution >= 4 is 24.3 Å². The molecule has 0 aliphatic heterocycles. The highest BCUT2D eigenvalue weighted by atomic mass is 16.7. The zero-order valence-electron chi connectivity index (χ0n) is 6.27. The molecule has 0 unspecified atom stereocenters. The van der Waals surface area contributed by atoms with E-state index in [-0.39, 0.29) is 6.41 Å². The second-order valence-electron chi connectivity index (χ2n) is 1.83. The maximum Gasteiger partial charge on any atom is 0.376 e. The Kier molecular flexibility index (Phi) is 4.55. The van der Waals surface area contributed by atoms with Crippen LogP contribution in [0.1, 0.15) is 13.8 Å². The normalized spacial score (nSPS) is 9.27. The van der Waals surface area contributed by atoms with E-state index in [1.54, 1.807) is 13.8 Å². The fourth-order valence-electron chi connectivity index (χ4n) is 0.251. The summed E-state index contributed by atoms with van der Waals surface area (Å²) in [6.07, 6.45) is 0.989. The molecule has 0 fully saturated rings. The summed E-state index contributed by atoms with van der Waals surface area (Å²) in [5, 5.41) is 3.34. The molecule has 0 atom stereocenters. The molecule has 11 heavy (non-hydrogen) atoms. The molecule has 0 radical (unpaired) electrons. The molecule has 5 heteroatoms. The largest absolute Gasteiger partial charge is 0.376 e. The smallest absolute Gasteiger partial charge is 0.312 e. The molecule has 0 aromatic heterocycles. The minimum Gasteiger partial charge on any atom is -0.312 e. The van der Waals surface area contributed by atoms with Gasteiger partial charge in [-0.1, -0.05) is 5.16 Å². The van der Waals surface area contributed by atoms with Gasteiger partial charge in [-0.15, -0.1) is 0 Å². The molecule has 0 N–H and O–H groups in total. The van der Waals surface area contributed by atoms with Gasteiger partial charge in [0.15, 0.2) is 0 Å². The first-order valence-electron chi connectivity index (χ1n) is 2.86. The van der Waals surface area contributed by atoms with Gasteiger partial charge in [0.1, 0.15) is 6.21 Å². The van der Waals surface area contributed by atoms with E-state index in [0.29, 0.717) is 5.71 Å². The maximum absolute atomic E-state index is 10.5. The minimum absolute atomic E-state index is 0.240. The van der Waals surface area contributed by atoms with E-state index >= 15 is 0 Å². The molecule has 0 bridgehead atoms. The summed E-state index contributed by atoms with van der Waals surface area (Å²) in [5.74, 6) is -0.765. The second-order valence-corrected chi connectivity index (χ2v) is 1.83. The Bertz CT molecular complexity index is 204. The third-order valence-electron chi connectivity index (χ3n) is 0.559. The van der Waals surface area contributed by atoms with Gasteiger partial charge in [-0.25, -0.2) is 9.79 Å². The van der Waals surface area contributed by atoms with Crippen molar-refractivity contribution in [3.8, 4) is 0 Å². The van der Waals surface area contributed by atoms with Gasteiger partial charge in [-0.3, -0.25) is 4.79 Å². The zero-order chi connectivity index (χ0) is 8.69. The van der Waals surface area contributed by atoms with Crippen LogP contribution in [0.4, 0.5) is 0 Å². The molecule has 0 heterocycles. The number of amides is 1. The highest BCUT2D eigenvalue weighted by molar-refractivity contribution is 6.24. The summed E-state index contributed by atoms with van der Waals surface area (Å²) < 4.78 is 0. The van der Waals surface area contributed by atoms with Crippen molar-refractivity contribution in [1.29, 1.82) is 0 Å². The topological polar surface area (TPSA) is 68.1 Å². The van der Waals surface area contributed by atoms with Crippen molar-refractivity contribution in [2.24, 2.45) is 10.1 Å². The van der Waals surface area contributed by atoms with E-state index in [9.17, 15) is 9.59 Å². The summed E-state index contributed by atoms with van der Waals surface area (Å²) in [5.41, 5.74) is 0.609. The van der Waals surface area contributed by atoms with Crippen LogP contribution in [0.2, 0.25) is 0 Å². The van der Waals surface area contributed by atoms with Crippen LogP contribution in [0, 0.1) is 0 Å². The Hall–Kier alpha value is -1.52. The molecule has 0 saturated heterocycles. The first kappa shape index (κ1) is 9.48. The Labute approximate surface area is 63.7 Å². The molecule has 0 aromatic rings. The molecular formula is C6H8N2O3. The zero-order valence-corrected chi connectivity index (χ0v) is 6.27. The summed E-state index contributed by atoms with van der Waals surface area (Å²) in [4.78, 5) is 27.3. The third kappa shape index (κ3) is 6.36. The van der Waals surface area contributed by atoms with Gasteiger partial charge in [0.05, 0.1) is 5.71 Å². The highest BCUT2D eigenvalue weighted by Crippen LogP contribution is 1.79. The van der Waals surface area contributed by atoms with Crippen LogP contribution < -0.4 is 0 Å². The second kappa shape index (κ2) is 5.28. The number of aliphatic imine (C=N–C) groups is 1. The van der Waals surface area contributed by atoms with Crippen molar-refractivity contribution < 1.29 is 14.4 Å². The van der Waals surface area contributed by atoms with E-state index in [0.717, 1.165) is 6.21 Å². The molecule has 60 valence electrons. The number of oxime groups is 1. The maximum atomic E-state index is 10.5. The first-order chi connectivity index (χ1) is 5.16. The predicted molar refractivity (Wildman–Crippen MR) is 39.4 cm³/mol. The molecule has 1 amide bonds. The fraction of sp³-hybridized carbons (Fsp3) is 0.333. The van der Waals surface area contributed by atoms with Crippen LogP contribution in [-0.2, 0) is 14.4 Å². The quantitative estimate of drug-likeness (QED) is 0.253. The third-order valence-corrected chi connectivity index (χ3v) is 0.559. The number of hydrogen-bond donors (Lipinski definition) is 0. The molecular weight excluding hydrogens is 148 g/mol. The van der Waals surface area contributed by atoms with Crippen LogP contribution in [0.25, 0.3) is 0 Å². The summed E-state index contributed by atoms with van der Waals surface area (Å²) in [6, 6.07) is 0. The lowest BCUT2D eigenvalue weighted by molar-refractivity contribution is -0.135. The van der Waals surface area contributed by atoms with Crippen LogP contribution in [0.5, 0.6) is 0 Å². The van der Waals surface area contributed by atoms with Crippen molar-refractivity contribution in [2.75, 3.05) is 0 Å². The lowest BCUT2D eigenvalue weighted by atomic mass is 10.5. The van der Waals surface area contributed by atoms with Crippen LogP contribution in [0.15, 0.2) is 10.1 Å². The Morgan fingerprint density at radius 1 is 1.45 bits per heavy atom. The van der Waals surface area contributed by atoms with Crippen LogP contribution >= 0.6 is 0 Å². The molecule has 0 saturated carbocycles. The van der Waals surface area contributed by atoms with E-state index in [2.05, 4.69) is 15.0 Å². The number of carbonyl (C=O) groups excluding carboxylic acids is 2. The minimum atomic E-state index is -0.765. The van der Waals surface area contributed by atoms with Crippen LogP contribution in [0.3, 0.4) is 0 Å². The van der Waals surface area contributed by atoms with E-state index in [1.807, 2.05) is 0 Å². The standard InChI is InChI=1S/C6H8N2O3/c1-5(2)8-11-6(10)3-7-4-9/h3-4H,1-2H3. The number of carbonyl (C=O) groups is 2. The molecule has 0 aliphatic carbocycles. The van der Waals surface area contributed by atoms with E-state index < -0.39 is 5.97 Å². The van der Waals surface area contributed by atoms with Gasteiger partial charge in [0, 0.05) is 0 Å². The number of rotatable bonds is 3. The van der Waals surface area contributed by atoms with Crippen LogP contribution in [-0.4, -0.2) is 24.3 Å². The van der Waals surface area contributed by atoms with Gasteiger partial charge >= 0.3 is 5.97 Å². The van der Waals surface area contributed by atoms with Crippen molar-refractivity contribution in [1.82, 2.24) is 0 Å². The van der Waals surface area contributed by atoms with Crippen molar-refractivity contribution in [3.05, 3.63) is 0 Å². The summed E-state index contributed by atoms with van der Waals surface area (Å²) in [6.45, 7) is 3.34. The van der Waals surface area contributed by atoms with E-state index in [1.165, 1.54) is 0 Å². The number of nitrogens with zero attached hydrogens (tertiary/aromatic N) is 2. The molecule has 5 nitrogen and oxygen atoms in total. The number of hydrogen-bond acceptors (Lipinski definition) is 4. The average Bonchev–Trinajstić information content (AvgIpc) is 1.97. The van der Waals surface area contributed by atoms with E-state index in [4.69, 9.17) is 0 Å². The SMILES string of the molecule is CC(C)=NOC(=O)C=NC=O. The summed E-state index contributed by atoms with van der Waals surface area (Å²) >= 11 is 0. The van der Waals surface area contributed by atoms with Gasteiger partial charge in [0.25, 0.3) is 0 Å².